The van der Waals surface area contributed by atoms with Crippen LogP contribution in [0.2, 0.25) is 5.02 Å². The van der Waals surface area contributed by atoms with Crippen LogP contribution in [0.15, 0.2) is 65.8 Å². The zero-order chi connectivity index (χ0) is 22.0. The number of amides is 1. The molecular formula is C20H15ClN4O4S2. The number of thiophene rings is 1. The van der Waals surface area contributed by atoms with Crippen LogP contribution in [0.4, 0.5) is 11.6 Å². The van der Waals surface area contributed by atoms with Crippen LogP contribution in [0.5, 0.6) is 5.75 Å². The maximum absolute atomic E-state index is 12.7. The molecule has 11 heteroatoms. The average molecular weight is 475 g/mol. The second kappa shape index (κ2) is 8.50. The van der Waals surface area contributed by atoms with Gasteiger partial charge in [0.05, 0.1) is 17.0 Å². The fraction of sp³-hybridized carbons (Fsp3) is 0.0500. The van der Waals surface area contributed by atoms with Crippen LogP contribution < -0.4 is 14.8 Å². The molecule has 1 amide bonds. The Hall–Kier alpha value is -3.21. The van der Waals surface area contributed by atoms with Crippen molar-refractivity contribution in [3.63, 3.8) is 0 Å². The quantitative estimate of drug-likeness (QED) is 0.428. The molecule has 0 atom stereocenters. The molecule has 2 heterocycles. The number of hydrogen-bond donors (Lipinski definition) is 2. The minimum Gasteiger partial charge on any atom is -0.497 e. The molecule has 0 aliphatic carbocycles. The second-order valence-corrected chi connectivity index (χ2v) is 9.38. The smallest absolute Gasteiger partial charge is 0.267 e. The number of nitrogens with zero attached hydrogens (tertiary/aromatic N) is 2. The van der Waals surface area contributed by atoms with Crippen molar-refractivity contribution in [1.82, 2.24) is 9.97 Å². The number of aromatic nitrogens is 2. The van der Waals surface area contributed by atoms with E-state index in [0.717, 1.165) is 10.1 Å². The number of benzene rings is 2. The molecule has 2 N–H and O–H groups in total. The van der Waals surface area contributed by atoms with Crippen LogP contribution in [-0.4, -0.2) is 31.4 Å². The Balaban J connectivity index is 1.52. The number of rotatable bonds is 6. The van der Waals surface area contributed by atoms with Crippen molar-refractivity contribution < 1.29 is 17.9 Å². The Morgan fingerprint density at radius 2 is 1.81 bits per heavy atom. The highest BCUT2D eigenvalue weighted by Crippen LogP contribution is 2.37. The van der Waals surface area contributed by atoms with Crippen LogP contribution in [0.1, 0.15) is 9.67 Å². The third-order valence-corrected chi connectivity index (χ3v) is 7.27. The summed E-state index contributed by atoms with van der Waals surface area (Å²) in [5, 5.41) is 3.80. The van der Waals surface area contributed by atoms with Gasteiger partial charge in [-0.3, -0.25) is 4.79 Å². The topological polar surface area (TPSA) is 110 Å². The van der Waals surface area contributed by atoms with Gasteiger partial charge in [-0.25, -0.2) is 23.1 Å². The van der Waals surface area contributed by atoms with Gasteiger partial charge in [0, 0.05) is 28.2 Å². The molecule has 158 valence electrons. The molecule has 0 unspecified atom stereocenters. The summed E-state index contributed by atoms with van der Waals surface area (Å²) >= 11 is 7.66. The number of fused-ring (bicyclic) bond motifs is 1. The monoisotopic (exact) mass is 474 g/mol. The molecule has 0 aliphatic rings. The largest absolute Gasteiger partial charge is 0.497 e. The molecule has 0 aliphatic heterocycles. The average Bonchev–Trinajstić information content (AvgIpc) is 3.10. The van der Waals surface area contributed by atoms with E-state index in [2.05, 4.69) is 20.0 Å². The molecule has 0 radical (unpaired) electrons. The fourth-order valence-electron chi connectivity index (χ4n) is 2.76. The van der Waals surface area contributed by atoms with Gasteiger partial charge in [-0.2, -0.15) is 0 Å². The minimum atomic E-state index is -3.86. The zero-order valence-corrected chi connectivity index (χ0v) is 18.4. The van der Waals surface area contributed by atoms with E-state index in [-0.39, 0.29) is 10.8 Å². The van der Waals surface area contributed by atoms with Crippen molar-refractivity contribution in [2.24, 2.45) is 0 Å². The van der Waals surface area contributed by atoms with Gasteiger partial charge in [-0.1, -0.05) is 11.6 Å². The van der Waals surface area contributed by atoms with E-state index in [4.69, 9.17) is 16.3 Å². The van der Waals surface area contributed by atoms with Gasteiger partial charge in [0.25, 0.3) is 15.9 Å². The first kappa shape index (κ1) is 21.0. The third kappa shape index (κ3) is 4.46. The van der Waals surface area contributed by atoms with Crippen molar-refractivity contribution in [2.75, 3.05) is 17.1 Å². The van der Waals surface area contributed by atoms with Crippen LogP contribution in [0, 0.1) is 0 Å². The Labute approximate surface area is 186 Å². The van der Waals surface area contributed by atoms with Gasteiger partial charge in [-0.15, -0.1) is 11.3 Å². The van der Waals surface area contributed by atoms with E-state index in [1.54, 1.807) is 25.3 Å². The van der Waals surface area contributed by atoms with E-state index in [1.807, 2.05) is 6.07 Å². The summed E-state index contributed by atoms with van der Waals surface area (Å²) in [5.41, 5.74) is 0.422. The lowest BCUT2D eigenvalue weighted by Crippen LogP contribution is -2.15. The SMILES string of the molecule is COc1ccc2sc(C(=O)Nc3ccc(S(=O)(=O)Nc4ncccn4)cc3)c(Cl)c2c1. The lowest BCUT2D eigenvalue weighted by Gasteiger charge is -2.08. The third-order valence-electron chi connectivity index (χ3n) is 4.25. The molecule has 0 saturated carbocycles. The molecule has 0 spiro atoms. The van der Waals surface area contributed by atoms with Crippen molar-refractivity contribution in [3.8, 4) is 5.75 Å². The van der Waals surface area contributed by atoms with Crippen molar-refractivity contribution in [2.45, 2.75) is 4.90 Å². The van der Waals surface area contributed by atoms with Gasteiger partial charge in [0.2, 0.25) is 5.95 Å². The summed E-state index contributed by atoms with van der Waals surface area (Å²) in [7, 11) is -2.30. The normalized spacial score (nSPS) is 11.3. The number of methoxy groups -OCH3 is 1. The van der Waals surface area contributed by atoms with E-state index in [1.165, 1.54) is 48.0 Å². The van der Waals surface area contributed by atoms with Gasteiger partial charge >= 0.3 is 0 Å². The first-order valence-electron chi connectivity index (χ1n) is 8.84. The molecule has 31 heavy (non-hydrogen) atoms. The molecule has 2 aromatic heterocycles. The maximum Gasteiger partial charge on any atom is 0.267 e. The Bertz CT molecular complexity index is 1360. The number of sulfonamides is 1. The second-order valence-electron chi connectivity index (χ2n) is 6.26. The van der Waals surface area contributed by atoms with Crippen molar-refractivity contribution in [1.29, 1.82) is 0 Å². The summed E-state index contributed by atoms with van der Waals surface area (Å²) in [5.74, 6) is 0.220. The van der Waals surface area contributed by atoms with Crippen molar-refractivity contribution >= 4 is 60.6 Å². The fourth-order valence-corrected chi connectivity index (χ4v) is 5.10. The first-order chi connectivity index (χ1) is 14.9. The highest BCUT2D eigenvalue weighted by atomic mass is 35.5. The molecule has 4 aromatic rings. The van der Waals surface area contributed by atoms with Gasteiger partial charge in [0.1, 0.15) is 10.6 Å². The molecule has 4 rings (SSSR count). The number of anilines is 2. The maximum atomic E-state index is 12.7. The zero-order valence-electron chi connectivity index (χ0n) is 16.0. The Kier molecular flexibility index (Phi) is 5.77. The standard InChI is InChI=1S/C20H15ClN4O4S2/c1-29-13-5-8-16-15(11-13)17(21)18(30-16)19(26)24-12-3-6-14(7-4-12)31(27,28)25-20-22-9-2-10-23-20/h2-11H,1H3,(H,24,26)(H,22,23,25). The summed E-state index contributed by atoms with van der Waals surface area (Å²) < 4.78 is 33.2. The highest BCUT2D eigenvalue weighted by Gasteiger charge is 2.19. The van der Waals surface area contributed by atoms with E-state index in [9.17, 15) is 13.2 Å². The van der Waals surface area contributed by atoms with Crippen LogP contribution >= 0.6 is 22.9 Å². The van der Waals surface area contributed by atoms with Gasteiger partial charge in [0.15, 0.2) is 0 Å². The summed E-state index contributed by atoms with van der Waals surface area (Å²) in [6.07, 6.45) is 2.86. The lowest BCUT2D eigenvalue weighted by atomic mass is 10.2. The van der Waals surface area contributed by atoms with E-state index in [0.29, 0.717) is 21.3 Å². The number of carbonyl (C=O) groups is 1. The molecule has 0 saturated heterocycles. The van der Waals surface area contributed by atoms with Crippen molar-refractivity contribution in [3.05, 3.63) is 70.8 Å². The van der Waals surface area contributed by atoms with Gasteiger partial charge in [-0.05, 0) is 48.5 Å². The van der Waals surface area contributed by atoms with Crippen LogP contribution in [-0.2, 0) is 10.0 Å². The number of nitrogens with one attached hydrogen (secondary N) is 2. The molecule has 8 nitrogen and oxygen atoms in total. The number of ether oxygens (including phenoxy) is 1. The molecule has 0 fully saturated rings. The minimum absolute atomic E-state index is 0.00458. The highest BCUT2D eigenvalue weighted by molar-refractivity contribution is 7.92. The van der Waals surface area contributed by atoms with Crippen LogP contribution in [0.3, 0.4) is 0 Å². The summed E-state index contributed by atoms with van der Waals surface area (Å²) in [4.78, 5) is 20.8. The predicted molar refractivity (Wildman–Crippen MR) is 121 cm³/mol. The summed E-state index contributed by atoms with van der Waals surface area (Å²) in [6, 6.07) is 12.7. The molecular weight excluding hydrogens is 460 g/mol. The first-order valence-corrected chi connectivity index (χ1v) is 11.5. The predicted octanol–water partition coefficient (Wildman–Crippen LogP) is 4.41. The molecule has 0 bridgehead atoms. The Morgan fingerprint density at radius 1 is 1.10 bits per heavy atom. The Morgan fingerprint density at radius 3 is 2.48 bits per heavy atom. The number of carbonyl (C=O) groups excluding carboxylic acids is 1. The van der Waals surface area contributed by atoms with E-state index >= 15 is 0 Å². The lowest BCUT2D eigenvalue weighted by molar-refractivity contribution is 0.103. The van der Waals surface area contributed by atoms with E-state index < -0.39 is 15.9 Å². The summed E-state index contributed by atoms with van der Waals surface area (Å²) in [6.45, 7) is 0. The van der Waals surface area contributed by atoms with Crippen LogP contribution in [0.25, 0.3) is 10.1 Å². The molecule has 2 aromatic carbocycles. The van der Waals surface area contributed by atoms with Gasteiger partial charge < -0.3 is 10.1 Å². The number of halogens is 1. The number of hydrogen-bond acceptors (Lipinski definition) is 7.